The number of carbonyl (C=O) groups excluding carboxylic acids is 1. The van der Waals surface area contributed by atoms with Gasteiger partial charge in [-0.2, -0.15) is 0 Å². The Morgan fingerprint density at radius 1 is 1.28 bits per heavy atom. The molecule has 5 nitrogen and oxygen atoms in total. The van der Waals surface area contributed by atoms with E-state index in [4.69, 9.17) is 4.74 Å². The highest BCUT2D eigenvalue weighted by Crippen LogP contribution is 2.04. The number of H-pyrrole nitrogens is 1. The highest BCUT2D eigenvalue weighted by molar-refractivity contribution is 5.84. The van der Waals surface area contributed by atoms with Gasteiger partial charge in [-0.05, 0) is 18.9 Å². The molecule has 0 atom stereocenters. The van der Waals surface area contributed by atoms with Crippen LogP contribution in [0.4, 0.5) is 0 Å². The quantitative estimate of drug-likeness (QED) is 0.815. The molecule has 1 N–H and O–H groups in total. The van der Waals surface area contributed by atoms with Crippen molar-refractivity contribution in [1.82, 2.24) is 15.2 Å². The van der Waals surface area contributed by atoms with Gasteiger partial charge < -0.3 is 4.74 Å². The Morgan fingerprint density at radius 3 is 2.78 bits per heavy atom. The van der Waals surface area contributed by atoms with Gasteiger partial charge >= 0.3 is 5.97 Å². The number of aryl methyl sites for hydroxylation is 2. The van der Waals surface area contributed by atoms with Crippen molar-refractivity contribution >= 4 is 5.97 Å². The van der Waals surface area contributed by atoms with Crippen LogP contribution >= 0.6 is 0 Å². The second kappa shape index (κ2) is 5.95. The molecule has 0 saturated heterocycles. The maximum absolute atomic E-state index is 11.4. The van der Waals surface area contributed by atoms with Gasteiger partial charge in [0.2, 0.25) is 0 Å². The van der Waals surface area contributed by atoms with E-state index in [2.05, 4.69) is 27.3 Å². The zero-order chi connectivity index (χ0) is 12.8. The highest BCUT2D eigenvalue weighted by Gasteiger charge is 2.12. The van der Waals surface area contributed by atoms with Gasteiger partial charge in [-0.3, -0.25) is 5.10 Å². The molecule has 2 aromatic rings. The zero-order valence-corrected chi connectivity index (χ0v) is 10.2. The highest BCUT2D eigenvalue weighted by atomic mass is 16.5. The van der Waals surface area contributed by atoms with Crippen LogP contribution in [0, 0.1) is 0 Å². The van der Waals surface area contributed by atoms with Gasteiger partial charge in [0, 0.05) is 6.42 Å². The molecule has 2 rings (SSSR count). The number of nitrogens with one attached hydrogen (secondary N) is 1. The Labute approximate surface area is 105 Å². The van der Waals surface area contributed by atoms with Crippen LogP contribution in [0.25, 0.3) is 0 Å². The first-order valence-electron chi connectivity index (χ1n) is 5.92. The Kier molecular flexibility index (Phi) is 4.06. The summed E-state index contributed by atoms with van der Waals surface area (Å²) in [6.45, 7) is 2.08. The molecule has 5 heteroatoms. The minimum Gasteiger partial charge on any atom is -0.460 e. The average molecular weight is 245 g/mol. The number of nitrogens with zero attached hydrogens (tertiary/aromatic N) is 2. The summed E-state index contributed by atoms with van der Waals surface area (Å²) in [5.41, 5.74) is 1.23. The fraction of sp³-hybridized carbons (Fsp3) is 0.308. The first kappa shape index (κ1) is 12.3. The molecule has 0 unspecified atom stereocenters. The summed E-state index contributed by atoms with van der Waals surface area (Å²) in [7, 11) is 0. The molecule has 0 radical (unpaired) electrons. The lowest BCUT2D eigenvalue weighted by atomic mass is 10.1. The molecule has 1 aromatic carbocycles. The van der Waals surface area contributed by atoms with Gasteiger partial charge in [-0.1, -0.05) is 30.3 Å². The molecule has 0 amide bonds. The zero-order valence-electron chi connectivity index (χ0n) is 10.2. The SMILES string of the molecule is CCOC(=O)c1n[nH]c(CCc2ccccc2)n1. The third-order valence-electron chi connectivity index (χ3n) is 2.48. The first-order chi connectivity index (χ1) is 8.79. The van der Waals surface area contributed by atoms with E-state index in [1.54, 1.807) is 6.92 Å². The average Bonchev–Trinajstić information content (AvgIpc) is 2.87. The number of ether oxygens (including phenoxy) is 1. The molecule has 0 bridgehead atoms. The van der Waals surface area contributed by atoms with Gasteiger partial charge in [0.25, 0.3) is 5.82 Å². The van der Waals surface area contributed by atoms with Crippen LogP contribution in [0.1, 0.15) is 28.9 Å². The van der Waals surface area contributed by atoms with Crippen LogP contribution in [-0.4, -0.2) is 27.8 Å². The molecule has 1 aromatic heterocycles. The van der Waals surface area contributed by atoms with Crippen molar-refractivity contribution in [1.29, 1.82) is 0 Å². The standard InChI is InChI=1S/C13H15N3O2/c1-2-18-13(17)12-14-11(15-16-12)9-8-10-6-4-3-5-7-10/h3-7H,2,8-9H2,1H3,(H,14,15,16). The topological polar surface area (TPSA) is 67.9 Å². The van der Waals surface area contributed by atoms with Gasteiger partial charge in [0.1, 0.15) is 5.82 Å². The minimum absolute atomic E-state index is 0.0971. The van der Waals surface area contributed by atoms with Crippen molar-refractivity contribution in [3.05, 3.63) is 47.5 Å². The predicted octanol–water partition coefficient (Wildman–Crippen LogP) is 1.77. The van der Waals surface area contributed by atoms with Gasteiger partial charge in [0.05, 0.1) is 6.61 Å². The van der Waals surface area contributed by atoms with Crippen LogP contribution in [0.2, 0.25) is 0 Å². The van der Waals surface area contributed by atoms with E-state index in [0.29, 0.717) is 12.4 Å². The third-order valence-corrected chi connectivity index (χ3v) is 2.48. The summed E-state index contributed by atoms with van der Waals surface area (Å²) in [5.74, 6) is 0.307. The third kappa shape index (κ3) is 3.16. The number of aromatic nitrogens is 3. The Balaban J connectivity index is 1.93. The Bertz CT molecular complexity index is 508. The van der Waals surface area contributed by atoms with E-state index in [0.717, 1.165) is 12.8 Å². The lowest BCUT2D eigenvalue weighted by molar-refractivity contribution is 0.0512. The molecule has 0 saturated carbocycles. The van der Waals surface area contributed by atoms with Crippen LogP contribution < -0.4 is 0 Å². The van der Waals surface area contributed by atoms with Gasteiger partial charge in [0.15, 0.2) is 0 Å². The molecule has 94 valence electrons. The van der Waals surface area contributed by atoms with Crippen molar-refractivity contribution in [2.45, 2.75) is 19.8 Å². The fourth-order valence-electron chi connectivity index (χ4n) is 1.60. The molecule has 0 aliphatic heterocycles. The molecular weight excluding hydrogens is 230 g/mol. The predicted molar refractivity (Wildman–Crippen MR) is 66.2 cm³/mol. The van der Waals surface area contributed by atoms with E-state index in [9.17, 15) is 4.79 Å². The van der Waals surface area contributed by atoms with Crippen LogP contribution in [-0.2, 0) is 17.6 Å². The monoisotopic (exact) mass is 245 g/mol. The van der Waals surface area contributed by atoms with Crippen LogP contribution in [0.5, 0.6) is 0 Å². The Hall–Kier alpha value is -2.17. The normalized spacial score (nSPS) is 10.3. The summed E-state index contributed by atoms with van der Waals surface area (Å²) in [6.07, 6.45) is 1.58. The summed E-state index contributed by atoms with van der Waals surface area (Å²) >= 11 is 0. The maximum Gasteiger partial charge on any atom is 0.378 e. The maximum atomic E-state index is 11.4. The van der Waals surface area contributed by atoms with Gasteiger partial charge in [-0.25, -0.2) is 9.78 Å². The molecule has 0 spiro atoms. The number of esters is 1. The minimum atomic E-state index is -0.486. The number of benzene rings is 1. The summed E-state index contributed by atoms with van der Waals surface area (Å²) < 4.78 is 4.82. The largest absolute Gasteiger partial charge is 0.460 e. The van der Waals surface area contributed by atoms with Crippen molar-refractivity contribution in [3.8, 4) is 0 Å². The number of rotatable bonds is 5. The van der Waals surface area contributed by atoms with Crippen LogP contribution in [0.3, 0.4) is 0 Å². The summed E-state index contributed by atoms with van der Waals surface area (Å²) in [5, 5.41) is 6.59. The number of hydrogen-bond acceptors (Lipinski definition) is 4. The van der Waals surface area contributed by atoms with Gasteiger partial charge in [-0.15, -0.1) is 5.10 Å². The molecule has 0 aliphatic rings. The molecule has 18 heavy (non-hydrogen) atoms. The molecule has 0 fully saturated rings. The van der Waals surface area contributed by atoms with Crippen molar-refractivity contribution in [3.63, 3.8) is 0 Å². The van der Waals surface area contributed by atoms with E-state index in [-0.39, 0.29) is 5.82 Å². The van der Waals surface area contributed by atoms with E-state index in [1.165, 1.54) is 5.56 Å². The number of aromatic amines is 1. The molecule has 1 heterocycles. The van der Waals surface area contributed by atoms with Crippen molar-refractivity contribution < 1.29 is 9.53 Å². The summed E-state index contributed by atoms with van der Waals surface area (Å²) in [4.78, 5) is 15.5. The van der Waals surface area contributed by atoms with Crippen molar-refractivity contribution in [2.24, 2.45) is 0 Å². The van der Waals surface area contributed by atoms with Crippen LogP contribution in [0.15, 0.2) is 30.3 Å². The number of hydrogen-bond donors (Lipinski definition) is 1. The van der Waals surface area contributed by atoms with E-state index in [1.807, 2.05) is 18.2 Å². The fourth-order valence-corrected chi connectivity index (χ4v) is 1.60. The van der Waals surface area contributed by atoms with E-state index < -0.39 is 5.97 Å². The van der Waals surface area contributed by atoms with E-state index >= 15 is 0 Å². The second-order valence-corrected chi connectivity index (χ2v) is 3.81. The summed E-state index contributed by atoms with van der Waals surface area (Å²) in [6, 6.07) is 10.1. The molecule has 0 aliphatic carbocycles. The molecular formula is C13H15N3O2. The smallest absolute Gasteiger partial charge is 0.378 e. The lowest BCUT2D eigenvalue weighted by Gasteiger charge is -1.97. The Morgan fingerprint density at radius 2 is 2.06 bits per heavy atom. The number of carbonyl (C=O) groups is 1. The first-order valence-corrected chi connectivity index (χ1v) is 5.92. The van der Waals surface area contributed by atoms with Crippen molar-refractivity contribution in [2.75, 3.05) is 6.61 Å². The second-order valence-electron chi connectivity index (χ2n) is 3.81. The lowest BCUT2D eigenvalue weighted by Crippen LogP contribution is -2.06.